The number of halogens is 1. The lowest BCUT2D eigenvalue weighted by Gasteiger charge is -2.12. The van der Waals surface area contributed by atoms with Crippen LogP contribution < -0.4 is 0 Å². The van der Waals surface area contributed by atoms with Crippen molar-refractivity contribution in [1.29, 1.82) is 0 Å². The highest BCUT2D eigenvalue weighted by Crippen LogP contribution is 2.21. The van der Waals surface area contributed by atoms with Gasteiger partial charge in [-0.25, -0.2) is 4.79 Å². The van der Waals surface area contributed by atoms with E-state index in [1.54, 1.807) is 0 Å². The van der Waals surface area contributed by atoms with Crippen molar-refractivity contribution >= 4 is 28.6 Å². The van der Waals surface area contributed by atoms with Gasteiger partial charge in [-0.05, 0) is 28.0 Å². The Morgan fingerprint density at radius 1 is 1.45 bits per heavy atom. The van der Waals surface area contributed by atoms with E-state index >= 15 is 0 Å². The molecule has 3 heteroatoms. The molecule has 0 aromatic rings. The molecule has 0 saturated heterocycles. The van der Waals surface area contributed by atoms with E-state index in [0.717, 1.165) is 0 Å². The van der Waals surface area contributed by atoms with Crippen LogP contribution in [0.15, 0.2) is 9.66 Å². The number of allylic oxidation sites excluding steroid dienone is 1. The molecular weight excluding hydrogens is 255 g/mol. The van der Waals surface area contributed by atoms with Crippen molar-refractivity contribution in [2.45, 2.75) is 20.8 Å². The third kappa shape index (κ3) is 5.24. The van der Waals surface area contributed by atoms with Gasteiger partial charge < -0.3 is 4.74 Å². The van der Waals surface area contributed by atoms with Crippen LogP contribution in [-0.4, -0.2) is 13.1 Å². The molecule has 0 bridgehead atoms. The first-order valence-electron chi connectivity index (χ1n) is 3.33. The number of hydrogen-bond acceptors (Lipinski definition) is 2. The van der Waals surface area contributed by atoms with Gasteiger partial charge in [0.2, 0.25) is 0 Å². The largest absolute Gasteiger partial charge is 0.465 e. The number of methoxy groups -OCH3 is 1. The van der Waals surface area contributed by atoms with E-state index in [4.69, 9.17) is 0 Å². The number of carbonyl (C=O) groups excluding carboxylic acids is 1. The smallest absolute Gasteiger partial charge is 0.343 e. The Kier molecular flexibility index (Phi) is 4.07. The van der Waals surface area contributed by atoms with E-state index in [1.165, 1.54) is 7.11 Å². The van der Waals surface area contributed by atoms with E-state index in [1.807, 2.05) is 49.4 Å². The molecule has 64 valence electrons. The van der Waals surface area contributed by atoms with Crippen LogP contribution in [0, 0.1) is 5.41 Å². The Hall–Kier alpha value is -0.0600. The molecule has 0 N–H and O–H groups in total. The summed E-state index contributed by atoms with van der Waals surface area (Å²) >= 11 is 1.98. The number of esters is 1. The van der Waals surface area contributed by atoms with Crippen molar-refractivity contribution in [3.63, 3.8) is 0 Å². The van der Waals surface area contributed by atoms with Gasteiger partial charge in [-0.3, -0.25) is 0 Å². The zero-order valence-electron chi connectivity index (χ0n) is 7.27. The van der Waals surface area contributed by atoms with Gasteiger partial charge in [0.15, 0.2) is 0 Å². The predicted molar refractivity (Wildman–Crippen MR) is 53.6 cm³/mol. The van der Waals surface area contributed by atoms with Crippen molar-refractivity contribution in [2.75, 3.05) is 7.11 Å². The molecule has 0 radical (unpaired) electrons. The van der Waals surface area contributed by atoms with Gasteiger partial charge >= 0.3 is 5.97 Å². The maximum atomic E-state index is 10.9. The van der Waals surface area contributed by atoms with Crippen LogP contribution in [0.4, 0.5) is 0 Å². The second kappa shape index (κ2) is 4.09. The highest BCUT2D eigenvalue weighted by molar-refractivity contribution is 14.1. The van der Waals surface area contributed by atoms with Gasteiger partial charge in [-0.15, -0.1) is 0 Å². The highest BCUT2D eigenvalue weighted by atomic mass is 127. The van der Waals surface area contributed by atoms with Gasteiger partial charge in [0, 0.05) is 0 Å². The van der Waals surface area contributed by atoms with Crippen molar-refractivity contribution in [3.8, 4) is 0 Å². The van der Waals surface area contributed by atoms with Crippen LogP contribution in [0.5, 0.6) is 0 Å². The summed E-state index contributed by atoms with van der Waals surface area (Å²) in [5, 5.41) is 0. The standard InChI is InChI=1S/C8H13IO2/c1-8(2,3)5-6(9)7(10)11-4/h5H,1-4H3/b6-5-. The molecule has 0 aliphatic heterocycles. The molecule has 0 heterocycles. The maximum absolute atomic E-state index is 10.9. The summed E-state index contributed by atoms with van der Waals surface area (Å²) in [6, 6.07) is 0. The number of carbonyl (C=O) groups is 1. The summed E-state index contributed by atoms with van der Waals surface area (Å²) in [5.41, 5.74) is 0.0325. The molecule has 0 spiro atoms. The van der Waals surface area contributed by atoms with E-state index < -0.39 is 0 Å². The second-order valence-corrected chi connectivity index (χ2v) is 4.51. The molecule has 0 rings (SSSR count). The Balaban J connectivity index is 4.34. The molecule has 11 heavy (non-hydrogen) atoms. The van der Waals surface area contributed by atoms with Crippen LogP contribution in [-0.2, 0) is 9.53 Å². The van der Waals surface area contributed by atoms with Crippen LogP contribution in [0.2, 0.25) is 0 Å². The van der Waals surface area contributed by atoms with Gasteiger partial charge in [-0.2, -0.15) is 0 Å². The SMILES string of the molecule is COC(=O)/C(I)=C/C(C)(C)C. The molecule has 0 aliphatic carbocycles. The van der Waals surface area contributed by atoms with Crippen LogP contribution in [0.1, 0.15) is 20.8 Å². The quantitative estimate of drug-likeness (QED) is 0.415. The molecule has 0 aliphatic rings. The van der Waals surface area contributed by atoms with Gasteiger partial charge in [-0.1, -0.05) is 26.8 Å². The zero-order chi connectivity index (χ0) is 9.07. The Bertz CT molecular complexity index is 177. The highest BCUT2D eigenvalue weighted by Gasteiger charge is 2.11. The first-order valence-corrected chi connectivity index (χ1v) is 4.41. The van der Waals surface area contributed by atoms with Crippen LogP contribution >= 0.6 is 22.6 Å². The third-order valence-electron chi connectivity index (χ3n) is 0.940. The first-order chi connectivity index (χ1) is 4.87. The molecule has 0 fully saturated rings. The van der Waals surface area contributed by atoms with Crippen LogP contribution in [0.3, 0.4) is 0 Å². The average molecular weight is 268 g/mol. The van der Waals surface area contributed by atoms with Gasteiger partial charge in [0.25, 0.3) is 0 Å². The summed E-state index contributed by atoms with van der Waals surface area (Å²) in [6.45, 7) is 6.11. The molecule has 0 amide bonds. The first kappa shape index (κ1) is 10.9. The molecule has 0 aromatic heterocycles. The molecule has 0 aromatic carbocycles. The van der Waals surface area contributed by atoms with Crippen molar-refractivity contribution in [2.24, 2.45) is 5.41 Å². The van der Waals surface area contributed by atoms with E-state index in [0.29, 0.717) is 3.58 Å². The summed E-state index contributed by atoms with van der Waals surface area (Å²) in [5.74, 6) is -0.263. The summed E-state index contributed by atoms with van der Waals surface area (Å²) < 4.78 is 5.18. The summed E-state index contributed by atoms with van der Waals surface area (Å²) in [6.07, 6.45) is 1.89. The van der Waals surface area contributed by atoms with Crippen molar-refractivity contribution in [1.82, 2.24) is 0 Å². The molecule has 0 saturated carbocycles. The number of hydrogen-bond donors (Lipinski definition) is 0. The van der Waals surface area contributed by atoms with Gasteiger partial charge in [0.05, 0.1) is 10.7 Å². The van der Waals surface area contributed by atoms with Crippen LogP contribution in [0.25, 0.3) is 0 Å². The fourth-order valence-electron chi connectivity index (χ4n) is 0.537. The zero-order valence-corrected chi connectivity index (χ0v) is 9.43. The molecule has 2 nitrogen and oxygen atoms in total. The van der Waals surface area contributed by atoms with Crippen molar-refractivity contribution in [3.05, 3.63) is 9.66 Å². The topological polar surface area (TPSA) is 26.3 Å². The maximum Gasteiger partial charge on any atom is 0.343 e. The Morgan fingerprint density at radius 2 is 1.91 bits per heavy atom. The predicted octanol–water partition coefficient (Wildman–Crippen LogP) is 2.52. The Morgan fingerprint density at radius 3 is 2.18 bits per heavy atom. The summed E-state index contributed by atoms with van der Waals surface area (Å²) in [4.78, 5) is 10.9. The molecule has 0 atom stereocenters. The third-order valence-corrected chi connectivity index (χ3v) is 1.69. The van der Waals surface area contributed by atoms with E-state index in [9.17, 15) is 4.79 Å². The Labute approximate surface area is 81.1 Å². The van der Waals surface area contributed by atoms with Gasteiger partial charge in [0.1, 0.15) is 0 Å². The lowest BCUT2D eigenvalue weighted by Crippen LogP contribution is -2.05. The minimum Gasteiger partial charge on any atom is -0.465 e. The fraction of sp³-hybridized carbons (Fsp3) is 0.625. The summed E-state index contributed by atoms with van der Waals surface area (Å²) in [7, 11) is 1.39. The molecule has 0 unspecified atom stereocenters. The van der Waals surface area contributed by atoms with E-state index in [2.05, 4.69) is 4.74 Å². The minimum absolute atomic E-state index is 0.0325. The second-order valence-electron chi connectivity index (χ2n) is 3.35. The minimum atomic E-state index is -0.263. The monoisotopic (exact) mass is 268 g/mol. The molecular formula is C8H13IO2. The normalized spacial score (nSPS) is 13.0. The number of rotatable bonds is 1. The lowest BCUT2D eigenvalue weighted by molar-refractivity contribution is -0.135. The van der Waals surface area contributed by atoms with E-state index in [-0.39, 0.29) is 11.4 Å². The fourth-order valence-corrected chi connectivity index (χ4v) is 1.69. The van der Waals surface area contributed by atoms with Crippen molar-refractivity contribution < 1.29 is 9.53 Å². The number of ether oxygens (including phenoxy) is 1. The average Bonchev–Trinajstić information content (AvgIpc) is 1.82. The lowest BCUT2D eigenvalue weighted by atomic mass is 9.96.